The Balaban J connectivity index is 1.82. The van der Waals surface area contributed by atoms with Gasteiger partial charge in [0.15, 0.2) is 0 Å². The monoisotopic (exact) mass is 458 g/mol. The molecule has 4 atom stereocenters. The van der Waals surface area contributed by atoms with Crippen LogP contribution >= 0.6 is 0 Å². The first kappa shape index (κ1) is 25.5. The van der Waals surface area contributed by atoms with Crippen LogP contribution in [0.25, 0.3) is 0 Å². The van der Waals surface area contributed by atoms with Crippen LogP contribution in [0.3, 0.4) is 0 Å². The molecule has 31 heavy (non-hydrogen) atoms. The van der Waals surface area contributed by atoms with Gasteiger partial charge in [0.05, 0.1) is 11.8 Å². The van der Waals surface area contributed by atoms with Crippen LogP contribution in [-0.2, 0) is 19.1 Å². The molecule has 2 aliphatic carbocycles. The van der Waals surface area contributed by atoms with E-state index in [1.807, 2.05) is 0 Å². The maximum absolute atomic E-state index is 12.9. The van der Waals surface area contributed by atoms with E-state index in [2.05, 4.69) is 0 Å². The van der Waals surface area contributed by atoms with Crippen molar-refractivity contribution in [3.8, 4) is 0 Å². The van der Waals surface area contributed by atoms with Crippen molar-refractivity contribution in [2.45, 2.75) is 95.7 Å². The zero-order valence-corrected chi connectivity index (χ0v) is 17.4. The summed E-state index contributed by atoms with van der Waals surface area (Å²) in [5.74, 6) is -4.47. The lowest BCUT2D eigenvalue weighted by atomic mass is 10.00. The van der Waals surface area contributed by atoms with Gasteiger partial charge in [-0.15, -0.1) is 0 Å². The molecule has 0 aromatic heterocycles. The van der Waals surface area contributed by atoms with Gasteiger partial charge in [0, 0.05) is 11.6 Å². The van der Waals surface area contributed by atoms with E-state index in [9.17, 15) is 35.9 Å². The van der Waals surface area contributed by atoms with Crippen molar-refractivity contribution >= 4 is 11.9 Å². The van der Waals surface area contributed by atoms with Crippen LogP contribution in [0.15, 0.2) is 11.6 Å². The molecule has 2 aliphatic rings. The van der Waals surface area contributed by atoms with Gasteiger partial charge in [0.1, 0.15) is 12.2 Å². The second-order valence-electron chi connectivity index (χ2n) is 8.41. The van der Waals surface area contributed by atoms with E-state index in [0.29, 0.717) is 12.8 Å². The molecule has 0 saturated heterocycles. The molecule has 4 unspecified atom stereocenters. The van der Waals surface area contributed by atoms with Crippen LogP contribution < -0.4 is 0 Å². The summed E-state index contributed by atoms with van der Waals surface area (Å²) in [6, 6.07) is 0. The molecule has 0 radical (unpaired) electrons. The standard InChI is InChI=1S/C21H28F6O4/c1-13(19(29)31-17-7-3-5-15(9-11-17)21(25,26)27)12-18(28)30-16-6-2-4-14(8-10-16)20(22,23)24/h12,14-17H,2-11H2,1H3/b13-12+. The zero-order valence-electron chi connectivity index (χ0n) is 17.4. The topological polar surface area (TPSA) is 52.6 Å². The third-order valence-corrected chi connectivity index (χ3v) is 5.97. The molecule has 10 heteroatoms. The van der Waals surface area contributed by atoms with Gasteiger partial charge in [0.25, 0.3) is 0 Å². The molecular weight excluding hydrogens is 430 g/mol. The smallest absolute Gasteiger partial charge is 0.391 e. The first-order chi connectivity index (χ1) is 14.4. The largest absolute Gasteiger partial charge is 0.459 e. The number of esters is 2. The van der Waals surface area contributed by atoms with Crippen molar-refractivity contribution < 1.29 is 45.4 Å². The van der Waals surface area contributed by atoms with Crippen LogP contribution in [-0.4, -0.2) is 36.5 Å². The van der Waals surface area contributed by atoms with Gasteiger partial charge in [-0.3, -0.25) is 0 Å². The Labute approximate surface area is 177 Å². The number of hydrogen-bond donors (Lipinski definition) is 0. The Morgan fingerprint density at radius 2 is 1.16 bits per heavy atom. The summed E-state index contributed by atoms with van der Waals surface area (Å²) in [7, 11) is 0. The third kappa shape index (κ3) is 8.37. The van der Waals surface area contributed by atoms with Gasteiger partial charge in [0.2, 0.25) is 0 Å². The average Bonchev–Trinajstić information content (AvgIpc) is 3.01. The van der Waals surface area contributed by atoms with Crippen LogP contribution in [0.4, 0.5) is 26.3 Å². The number of rotatable bonds is 4. The predicted octanol–water partition coefficient (Wildman–Crippen LogP) is 6.04. The van der Waals surface area contributed by atoms with Gasteiger partial charge in [-0.1, -0.05) is 0 Å². The average molecular weight is 458 g/mol. The van der Waals surface area contributed by atoms with E-state index in [0.717, 1.165) is 6.08 Å². The Morgan fingerprint density at radius 1 is 0.710 bits per heavy atom. The van der Waals surface area contributed by atoms with Crippen molar-refractivity contribution in [1.29, 1.82) is 0 Å². The van der Waals surface area contributed by atoms with Crippen LogP contribution in [0.5, 0.6) is 0 Å². The van der Waals surface area contributed by atoms with E-state index in [4.69, 9.17) is 9.47 Å². The molecule has 0 aromatic carbocycles. The molecule has 0 bridgehead atoms. The summed E-state index contributed by atoms with van der Waals surface area (Å²) in [5, 5.41) is 0. The molecule has 4 nitrogen and oxygen atoms in total. The lowest BCUT2D eigenvalue weighted by Gasteiger charge is -2.19. The summed E-state index contributed by atoms with van der Waals surface area (Å²) in [6.07, 6.45) is -7.77. The van der Waals surface area contributed by atoms with Crippen LogP contribution in [0.1, 0.15) is 71.1 Å². The summed E-state index contributed by atoms with van der Waals surface area (Å²) >= 11 is 0. The van der Waals surface area contributed by atoms with Crippen molar-refractivity contribution in [2.24, 2.45) is 11.8 Å². The normalized spacial score (nSPS) is 28.9. The molecule has 2 fully saturated rings. The van der Waals surface area contributed by atoms with Crippen molar-refractivity contribution in [3.63, 3.8) is 0 Å². The zero-order chi connectivity index (χ0) is 23.2. The molecule has 2 rings (SSSR count). The molecule has 2 saturated carbocycles. The number of carbonyl (C=O) groups is 2. The summed E-state index contributed by atoms with van der Waals surface area (Å²) < 4.78 is 87.6. The Hall–Kier alpha value is -1.74. The van der Waals surface area contributed by atoms with E-state index in [1.165, 1.54) is 6.92 Å². The highest BCUT2D eigenvalue weighted by atomic mass is 19.4. The van der Waals surface area contributed by atoms with E-state index < -0.39 is 48.3 Å². The molecule has 0 amide bonds. The second-order valence-corrected chi connectivity index (χ2v) is 8.41. The Morgan fingerprint density at radius 3 is 1.61 bits per heavy atom. The number of halogens is 6. The first-order valence-corrected chi connectivity index (χ1v) is 10.6. The fourth-order valence-electron chi connectivity index (χ4n) is 4.10. The minimum atomic E-state index is -4.27. The molecule has 0 heterocycles. The SMILES string of the molecule is C/C(=C\C(=O)OC1CCCC(C(F)(F)F)CC1)C(=O)OC1CCCC(C(F)(F)F)CC1. The maximum atomic E-state index is 12.9. The summed E-state index contributed by atoms with van der Waals surface area (Å²) in [4.78, 5) is 24.3. The van der Waals surface area contributed by atoms with E-state index >= 15 is 0 Å². The molecular formula is C21H28F6O4. The molecule has 0 N–H and O–H groups in total. The lowest BCUT2D eigenvalue weighted by molar-refractivity contribution is -0.178. The number of carbonyl (C=O) groups excluding carboxylic acids is 2. The van der Waals surface area contributed by atoms with Gasteiger partial charge in [-0.05, 0) is 71.1 Å². The Bertz CT molecular complexity index is 655. The number of hydrogen-bond acceptors (Lipinski definition) is 4. The number of alkyl halides is 6. The quantitative estimate of drug-likeness (QED) is 0.223. The highest BCUT2D eigenvalue weighted by Crippen LogP contribution is 2.38. The van der Waals surface area contributed by atoms with Crippen molar-refractivity contribution in [3.05, 3.63) is 11.6 Å². The highest BCUT2D eigenvalue weighted by Gasteiger charge is 2.41. The van der Waals surface area contributed by atoms with E-state index in [1.54, 1.807) is 0 Å². The third-order valence-electron chi connectivity index (χ3n) is 5.97. The summed E-state index contributed by atoms with van der Waals surface area (Å²) in [5.41, 5.74) is -0.0663. The summed E-state index contributed by atoms with van der Waals surface area (Å²) in [6.45, 7) is 1.32. The lowest BCUT2D eigenvalue weighted by Crippen LogP contribution is -2.23. The highest BCUT2D eigenvalue weighted by molar-refractivity contribution is 5.95. The fraction of sp³-hybridized carbons (Fsp3) is 0.810. The van der Waals surface area contributed by atoms with Crippen molar-refractivity contribution in [1.82, 2.24) is 0 Å². The minimum absolute atomic E-state index is 0.00464. The fourth-order valence-corrected chi connectivity index (χ4v) is 4.10. The molecule has 0 aromatic rings. The van der Waals surface area contributed by atoms with Crippen molar-refractivity contribution in [2.75, 3.05) is 0 Å². The van der Waals surface area contributed by atoms with Gasteiger partial charge >= 0.3 is 24.3 Å². The molecule has 0 spiro atoms. The van der Waals surface area contributed by atoms with Gasteiger partial charge < -0.3 is 9.47 Å². The molecule has 0 aliphatic heterocycles. The Kier molecular flexibility index (Phi) is 8.83. The van der Waals surface area contributed by atoms with Gasteiger partial charge in [-0.2, -0.15) is 26.3 Å². The first-order valence-electron chi connectivity index (χ1n) is 10.6. The predicted molar refractivity (Wildman–Crippen MR) is 98.8 cm³/mol. The van der Waals surface area contributed by atoms with Gasteiger partial charge in [-0.25, -0.2) is 9.59 Å². The van der Waals surface area contributed by atoms with Crippen LogP contribution in [0, 0.1) is 11.8 Å². The minimum Gasteiger partial charge on any atom is -0.459 e. The van der Waals surface area contributed by atoms with E-state index in [-0.39, 0.29) is 56.9 Å². The van der Waals surface area contributed by atoms with Crippen LogP contribution in [0.2, 0.25) is 0 Å². The second kappa shape index (κ2) is 10.7. The molecule has 178 valence electrons. The maximum Gasteiger partial charge on any atom is 0.391 e. The number of ether oxygens (including phenoxy) is 2.